The van der Waals surface area contributed by atoms with Crippen LogP contribution in [-0.4, -0.2) is 36.8 Å². The van der Waals surface area contributed by atoms with E-state index < -0.39 is 24.3 Å². The second-order valence-electron chi connectivity index (χ2n) is 7.80. The molecule has 1 amide bonds. The topological polar surface area (TPSA) is 66.5 Å². The van der Waals surface area contributed by atoms with Gasteiger partial charge in [-0.25, -0.2) is 9.37 Å². The van der Waals surface area contributed by atoms with Gasteiger partial charge in [0.15, 0.2) is 18.2 Å². The number of nitrogens with zero attached hydrogens (tertiary/aromatic N) is 2. The molecule has 10 heteroatoms. The Balaban J connectivity index is 1.74. The quantitative estimate of drug-likeness (QED) is 0.648. The lowest BCUT2D eigenvalue weighted by Crippen LogP contribution is -2.49. The molecule has 1 aliphatic heterocycles. The van der Waals surface area contributed by atoms with Crippen molar-refractivity contribution in [2.75, 3.05) is 29.2 Å². The van der Waals surface area contributed by atoms with E-state index in [-0.39, 0.29) is 24.4 Å². The minimum atomic E-state index is -4.54. The number of alkyl halides is 3. The van der Waals surface area contributed by atoms with Gasteiger partial charge in [0.2, 0.25) is 5.91 Å². The van der Waals surface area contributed by atoms with Gasteiger partial charge in [0.1, 0.15) is 11.9 Å². The predicted octanol–water partition coefficient (Wildman–Crippen LogP) is 4.50. The van der Waals surface area contributed by atoms with Crippen molar-refractivity contribution >= 4 is 23.1 Å². The van der Waals surface area contributed by atoms with Gasteiger partial charge >= 0.3 is 6.18 Å². The van der Waals surface area contributed by atoms with Crippen molar-refractivity contribution in [1.82, 2.24) is 4.98 Å². The Labute approximate surface area is 177 Å². The van der Waals surface area contributed by atoms with Gasteiger partial charge in [-0.2, -0.15) is 13.2 Å². The van der Waals surface area contributed by atoms with Crippen LogP contribution in [0.25, 0.3) is 0 Å². The molecule has 1 aromatic carbocycles. The molecule has 0 saturated carbocycles. The highest BCUT2D eigenvalue weighted by atomic mass is 19.4. The second-order valence-corrected chi connectivity index (χ2v) is 7.80. The third-order valence-corrected chi connectivity index (χ3v) is 4.99. The normalized spacial score (nSPS) is 16.2. The molecule has 2 aromatic rings. The monoisotopic (exact) mass is 440 g/mol. The van der Waals surface area contributed by atoms with Crippen LogP contribution in [0.4, 0.5) is 34.8 Å². The van der Waals surface area contributed by atoms with Gasteiger partial charge in [-0.05, 0) is 30.5 Å². The zero-order valence-electron chi connectivity index (χ0n) is 17.6. The fourth-order valence-corrected chi connectivity index (χ4v) is 3.58. The van der Waals surface area contributed by atoms with Crippen LogP contribution in [0.5, 0.6) is 5.75 Å². The Kier molecular flexibility index (Phi) is 6.28. The van der Waals surface area contributed by atoms with Gasteiger partial charge < -0.3 is 20.3 Å². The molecule has 6 nitrogen and oxygen atoms in total. The number of fused-ring (bicyclic) bond motifs is 1. The van der Waals surface area contributed by atoms with Crippen molar-refractivity contribution in [3.05, 3.63) is 41.3 Å². The molecular formula is C21H24F4N4O2. The van der Waals surface area contributed by atoms with Crippen LogP contribution < -0.4 is 20.3 Å². The molecular weight excluding hydrogens is 416 g/mol. The fourth-order valence-electron chi connectivity index (χ4n) is 3.58. The maximum absolute atomic E-state index is 14.1. The third kappa shape index (κ3) is 5.18. The van der Waals surface area contributed by atoms with E-state index in [0.717, 1.165) is 11.8 Å². The van der Waals surface area contributed by atoms with Crippen molar-refractivity contribution in [3.8, 4) is 5.75 Å². The van der Waals surface area contributed by atoms with Gasteiger partial charge in [0.05, 0.1) is 17.1 Å². The number of aryl methyl sites for hydroxylation is 1. The summed E-state index contributed by atoms with van der Waals surface area (Å²) in [5, 5.41) is 6.01. The van der Waals surface area contributed by atoms with E-state index in [9.17, 15) is 22.4 Å². The summed E-state index contributed by atoms with van der Waals surface area (Å²) in [6.07, 6.45) is -4.54. The Morgan fingerprint density at radius 2 is 2.00 bits per heavy atom. The van der Waals surface area contributed by atoms with Gasteiger partial charge in [0, 0.05) is 19.7 Å². The molecule has 1 aromatic heterocycles. The maximum Gasteiger partial charge on any atom is 0.422 e. The van der Waals surface area contributed by atoms with E-state index in [0.29, 0.717) is 22.8 Å². The second kappa shape index (κ2) is 8.60. The molecule has 1 aliphatic rings. The first kappa shape index (κ1) is 22.6. The average molecular weight is 440 g/mol. The predicted molar refractivity (Wildman–Crippen MR) is 110 cm³/mol. The number of halogens is 4. The summed E-state index contributed by atoms with van der Waals surface area (Å²) in [7, 11) is 1.85. The Hall–Kier alpha value is -3.04. The Bertz CT molecular complexity index is 979. The standard InChI is InChI=1S/C21H24F4N4O2/c1-11(2)19-20(30)28-18-12(3)27-17(8-15(18)29(19)4)26-9-13-5-6-16(14(22)7-13)31-10-21(23,24)25/h5-8,11,19H,9-10H2,1-4H3,(H,26,27)(H,28,30). The Morgan fingerprint density at radius 1 is 1.29 bits per heavy atom. The number of benzene rings is 1. The van der Waals surface area contributed by atoms with Crippen LogP contribution in [0.2, 0.25) is 0 Å². The first-order valence-corrected chi connectivity index (χ1v) is 9.73. The molecule has 0 fully saturated rings. The van der Waals surface area contributed by atoms with E-state index in [1.54, 1.807) is 13.0 Å². The van der Waals surface area contributed by atoms with Crippen LogP contribution in [0.15, 0.2) is 24.3 Å². The number of likely N-dealkylation sites (N-methyl/N-ethyl adjacent to an activating group) is 1. The summed E-state index contributed by atoms with van der Waals surface area (Å²) in [4.78, 5) is 18.8. The van der Waals surface area contributed by atoms with Crippen molar-refractivity contribution in [1.29, 1.82) is 0 Å². The van der Waals surface area contributed by atoms with E-state index >= 15 is 0 Å². The van der Waals surface area contributed by atoms with Crippen LogP contribution in [-0.2, 0) is 11.3 Å². The minimum Gasteiger partial charge on any atom is -0.481 e. The molecule has 1 unspecified atom stereocenters. The first-order valence-electron chi connectivity index (χ1n) is 9.73. The molecule has 0 radical (unpaired) electrons. The molecule has 168 valence electrons. The number of nitrogens with one attached hydrogen (secondary N) is 2. The van der Waals surface area contributed by atoms with Crippen molar-refractivity contribution in [2.24, 2.45) is 5.92 Å². The molecule has 0 spiro atoms. The number of pyridine rings is 1. The lowest BCUT2D eigenvalue weighted by Gasteiger charge is -2.38. The largest absolute Gasteiger partial charge is 0.481 e. The highest BCUT2D eigenvalue weighted by Crippen LogP contribution is 2.36. The molecule has 2 N–H and O–H groups in total. The number of ether oxygens (including phenoxy) is 1. The molecule has 31 heavy (non-hydrogen) atoms. The number of rotatable bonds is 6. The zero-order chi connectivity index (χ0) is 22.9. The molecule has 1 atom stereocenters. The zero-order valence-corrected chi connectivity index (χ0v) is 17.6. The summed E-state index contributed by atoms with van der Waals surface area (Å²) in [6, 6.07) is 5.24. The third-order valence-electron chi connectivity index (χ3n) is 4.99. The van der Waals surface area contributed by atoms with Crippen molar-refractivity contribution < 1.29 is 27.1 Å². The summed E-state index contributed by atoms with van der Waals surface area (Å²) in [5.74, 6) is -0.788. The van der Waals surface area contributed by atoms with Crippen LogP contribution in [0.1, 0.15) is 25.1 Å². The number of anilines is 3. The van der Waals surface area contributed by atoms with E-state index in [2.05, 4.69) is 20.4 Å². The minimum absolute atomic E-state index is 0.0843. The molecule has 0 saturated heterocycles. The number of carbonyl (C=O) groups excluding carboxylic acids is 1. The van der Waals surface area contributed by atoms with E-state index in [4.69, 9.17) is 0 Å². The number of amides is 1. The summed E-state index contributed by atoms with van der Waals surface area (Å²) in [5.41, 5.74) is 2.60. The van der Waals surface area contributed by atoms with Crippen molar-refractivity contribution in [3.63, 3.8) is 0 Å². The summed E-state index contributed by atoms with van der Waals surface area (Å²) in [6.45, 7) is 4.36. The van der Waals surface area contributed by atoms with Crippen LogP contribution in [0.3, 0.4) is 0 Å². The van der Waals surface area contributed by atoms with Gasteiger partial charge in [-0.15, -0.1) is 0 Å². The highest BCUT2D eigenvalue weighted by Gasteiger charge is 2.34. The fraction of sp³-hybridized carbons (Fsp3) is 0.429. The van der Waals surface area contributed by atoms with Crippen molar-refractivity contribution in [2.45, 2.75) is 39.5 Å². The lowest BCUT2D eigenvalue weighted by atomic mass is 9.98. The first-order chi connectivity index (χ1) is 14.5. The van der Waals surface area contributed by atoms with Crippen LogP contribution >= 0.6 is 0 Å². The highest BCUT2D eigenvalue weighted by molar-refractivity contribution is 6.04. The number of carbonyl (C=O) groups is 1. The smallest absolute Gasteiger partial charge is 0.422 e. The average Bonchev–Trinajstić information content (AvgIpc) is 2.65. The molecule has 0 bridgehead atoms. The molecule has 3 rings (SSSR count). The summed E-state index contributed by atoms with van der Waals surface area (Å²) < 4.78 is 55.3. The lowest BCUT2D eigenvalue weighted by molar-refractivity contribution is -0.153. The number of aromatic nitrogens is 1. The van der Waals surface area contributed by atoms with E-state index in [1.165, 1.54) is 12.1 Å². The van der Waals surface area contributed by atoms with Gasteiger partial charge in [-0.1, -0.05) is 19.9 Å². The SMILES string of the molecule is Cc1nc(NCc2ccc(OCC(F)(F)F)c(F)c2)cc2c1NC(=O)C(C(C)C)N2C. The van der Waals surface area contributed by atoms with E-state index in [1.807, 2.05) is 25.8 Å². The Morgan fingerprint density at radius 3 is 2.61 bits per heavy atom. The van der Waals surface area contributed by atoms with Gasteiger partial charge in [-0.3, -0.25) is 4.79 Å². The molecule has 0 aliphatic carbocycles. The summed E-state index contributed by atoms with van der Waals surface area (Å²) >= 11 is 0. The number of hydrogen-bond donors (Lipinski definition) is 2. The van der Waals surface area contributed by atoms with Crippen LogP contribution in [0, 0.1) is 18.7 Å². The maximum atomic E-state index is 14.1. The molecule has 2 heterocycles. The van der Waals surface area contributed by atoms with Gasteiger partial charge in [0.25, 0.3) is 0 Å². The number of hydrogen-bond acceptors (Lipinski definition) is 5.